The lowest BCUT2D eigenvalue weighted by molar-refractivity contribution is -0.159. The molecule has 0 unspecified atom stereocenters. The maximum absolute atomic E-state index is 12.9. The summed E-state index contributed by atoms with van der Waals surface area (Å²) < 4.78 is 18.3. The molecule has 4 N–H and O–H groups in total. The maximum atomic E-state index is 12.9. The van der Waals surface area contributed by atoms with Crippen molar-refractivity contribution in [3.8, 4) is 0 Å². The van der Waals surface area contributed by atoms with E-state index < -0.39 is 29.6 Å². The van der Waals surface area contributed by atoms with Gasteiger partial charge in [-0.05, 0) is 70.6 Å². The Morgan fingerprint density at radius 2 is 1.81 bits per heavy atom. The molecule has 0 spiro atoms. The highest BCUT2D eigenvalue weighted by molar-refractivity contribution is 5.87. The Balaban J connectivity index is 2.61. The molecule has 1 amide bonds. The number of halogens is 1. The molecule has 0 saturated heterocycles. The molecule has 0 saturated carbocycles. The van der Waals surface area contributed by atoms with E-state index in [9.17, 15) is 14.0 Å². The number of nitrogens with two attached hydrogens (primary N) is 1. The fourth-order valence-corrected chi connectivity index (χ4v) is 2.47. The van der Waals surface area contributed by atoms with Crippen molar-refractivity contribution in [2.45, 2.75) is 70.6 Å². The molecule has 1 aromatic rings. The largest absolute Gasteiger partial charge is 0.458 e. The van der Waals surface area contributed by atoms with E-state index in [0.29, 0.717) is 32.1 Å². The van der Waals surface area contributed by atoms with Crippen LogP contribution in [0, 0.1) is 5.82 Å². The van der Waals surface area contributed by atoms with E-state index in [-0.39, 0.29) is 12.4 Å². The summed E-state index contributed by atoms with van der Waals surface area (Å²) in [5.41, 5.74) is 6.16. The molecule has 0 bridgehead atoms. The zero-order chi connectivity index (χ0) is 20.4. The quantitative estimate of drug-likeness (QED) is 0.425. The number of carbonyl (C=O) groups excluding carboxylic acids is 2. The van der Waals surface area contributed by atoms with Crippen molar-refractivity contribution in [3.05, 3.63) is 35.6 Å². The van der Waals surface area contributed by atoms with Crippen LogP contribution in [-0.4, -0.2) is 41.3 Å². The zero-order valence-corrected chi connectivity index (χ0v) is 16.3. The number of ether oxygens (including phenoxy) is 1. The van der Waals surface area contributed by atoms with Gasteiger partial charge in [-0.15, -0.1) is 0 Å². The summed E-state index contributed by atoms with van der Waals surface area (Å²) in [6, 6.07) is 4.43. The molecule has 0 aliphatic heterocycles. The first-order chi connectivity index (χ1) is 12.6. The summed E-state index contributed by atoms with van der Waals surface area (Å²) in [6.45, 7) is 5.29. The van der Waals surface area contributed by atoms with Crippen molar-refractivity contribution in [2.24, 2.45) is 5.73 Å². The van der Waals surface area contributed by atoms with Crippen LogP contribution in [0.25, 0.3) is 0 Å². The Bertz CT molecular complexity index is 599. The van der Waals surface area contributed by atoms with Gasteiger partial charge in [-0.2, -0.15) is 0 Å². The van der Waals surface area contributed by atoms with E-state index in [1.807, 2.05) is 0 Å². The molecule has 0 heterocycles. The molecule has 7 heteroatoms. The Kier molecular flexibility index (Phi) is 9.38. The van der Waals surface area contributed by atoms with Crippen molar-refractivity contribution in [1.29, 1.82) is 0 Å². The second kappa shape index (κ2) is 11.0. The number of unbranched alkanes of at least 4 members (excludes halogenated alkanes) is 1. The summed E-state index contributed by atoms with van der Waals surface area (Å²) in [7, 11) is 0. The lowest BCUT2D eigenvalue weighted by atomic mass is 10.0. The van der Waals surface area contributed by atoms with Crippen molar-refractivity contribution < 1.29 is 23.8 Å². The van der Waals surface area contributed by atoms with E-state index in [2.05, 4.69) is 5.32 Å². The predicted octanol–water partition coefficient (Wildman–Crippen LogP) is 2.07. The third-order valence-corrected chi connectivity index (χ3v) is 3.90. The molecule has 0 fully saturated rings. The first-order valence-corrected chi connectivity index (χ1v) is 9.26. The van der Waals surface area contributed by atoms with Gasteiger partial charge in [-0.25, -0.2) is 9.18 Å². The molecule has 0 aromatic heterocycles. The molecule has 6 nitrogen and oxygen atoms in total. The summed E-state index contributed by atoms with van der Waals surface area (Å²) in [6.07, 6.45) is 2.37. The highest BCUT2D eigenvalue weighted by Gasteiger charge is 2.27. The van der Waals surface area contributed by atoms with Crippen LogP contribution in [0.4, 0.5) is 4.39 Å². The van der Waals surface area contributed by atoms with Crippen LogP contribution in [0.1, 0.15) is 52.0 Å². The summed E-state index contributed by atoms with van der Waals surface area (Å²) in [5.74, 6) is -1.26. The Morgan fingerprint density at radius 1 is 1.19 bits per heavy atom. The molecular formula is C20H31FN2O4. The number of carbonyl (C=O) groups is 2. The maximum Gasteiger partial charge on any atom is 0.329 e. The number of benzene rings is 1. The molecule has 0 radical (unpaired) electrons. The summed E-state index contributed by atoms with van der Waals surface area (Å²) in [5, 5.41) is 11.6. The average molecular weight is 382 g/mol. The first-order valence-electron chi connectivity index (χ1n) is 9.26. The second-order valence-electron chi connectivity index (χ2n) is 7.59. The first kappa shape index (κ1) is 23.0. The van der Waals surface area contributed by atoms with Gasteiger partial charge in [-0.1, -0.05) is 12.1 Å². The van der Waals surface area contributed by atoms with Crippen molar-refractivity contribution in [2.75, 3.05) is 6.61 Å². The number of amides is 1. The van der Waals surface area contributed by atoms with E-state index >= 15 is 0 Å². The number of esters is 1. The molecule has 0 aliphatic rings. The molecule has 0 aliphatic carbocycles. The van der Waals surface area contributed by atoms with Gasteiger partial charge in [0, 0.05) is 6.61 Å². The van der Waals surface area contributed by atoms with Crippen molar-refractivity contribution in [1.82, 2.24) is 5.32 Å². The Hall–Kier alpha value is -1.99. The molecule has 152 valence electrons. The zero-order valence-electron chi connectivity index (χ0n) is 16.3. The van der Waals surface area contributed by atoms with E-state index in [1.165, 1.54) is 12.1 Å². The number of hydrogen-bond donors (Lipinski definition) is 3. The lowest BCUT2D eigenvalue weighted by Crippen LogP contribution is -2.50. The van der Waals surface area contributed by atoms with Gasteiger partial charge >= 0.3 is 5.97 Å². The van der Waals surface area contributed by atoms with Gasteiger partial charge in [0.2, 0.25) is 5.91 Å². The smallest absolute Gasteiger partial charge is 0.329 e. The standard InChI is InChI=1S/C20H31FN2O4/c1-20(2,3)27-19(26)17(6-4-5-13-24)23-18(25)16(22)12-9-14-7-10-15(21)11-8-14/h7-8,10-11,16-17,24H,4-6,9,12-13,22H2,1-3H3,(H,23,25)/t16-,17-/m0/s1. The highest BCUT2D eigenvalue weighted by Crippen LogP contribution is 2.12. The third-order valence-electron chi connectivity index (χ3n) is 3.90. The van der Waals surface area contributed by atoms with E-state index in [0.717, 1.165) is 5.56 Å². The SMILES string of the molecule is CC(C)(C)OC(=O)[C@H](CCCCO)NC(=O)[C@@H](N)CCc1ccc(F)cc1. The topological polar surface area (TPSA) is 102 Å². The molecule has 27 heavy (non-hydrogen) atoms. The van der Waals surface area contributed by atoms with Crippen LogP contribution < -0.4 is 11.1 Å². The van der Waals surface area contributed by atoms with Crippen molar-refractivity contribution in [3.63, 3.8) is 0 Å². The second-order valence-corrected chi connectivity index (χ2v) is 7.59. The van der Waals surface area contributed by atoms with Gasteiger partial charge in [0.1, 0.15) is 17.5 Å². The number of aliphatic hydroxyl groups excluding tert-OH is 1. The molecule has 1 aromatic carbocycles. The minimum Gasteiger partial charge on any atom is -0.458 e. The molecular weight excluding hydrogens is 351 g/mol. The number of aliphatic hydroxyl groups is 1. The van der Waals surface area contributed by atoms with Crippen LogP contribution in [0.3, 0.4) is 0 Å². The van der Waals surface area contributed by atoms with Crippen molar-refractivity contribution >= 4 is 11.9 Å². The van der Waals surface area contributed by atoms with Crippen LogP contribution in [-0.2, 0) is 20.7 Å². The van der Waals surface area contributed by atoms with Crippen LogP contribution >= 0.6 is 0 Å². The number of aryl methyl sites for hydroxylation is 1. The third kappa shape index (κ3) is 9.49. The average Bonchev–Trinajstić information content (AvgIpc) is 2.58. The van der Waals surface area contributed by atoms with Gasteiger partial charge in [0.05, 0.1) is 6.04 Å². The lowest BCUT2D eigenvalue weighted by Gasteiger charge is -2.25. The summed E-state index contributed by atoms with van der Waals surface area (Å²) in [4.78, 5) is 24.7. The van der Waals surface area contributed by atoms with Gasteiger partial charge in [0.15, 0.2) is 0 Å². The molecule has 1 rings (SSSR count). The van der Waals surface area contributed by atoms with E-state index in [4.69, 9.17) is 15.6 Å². The molecule has 2 atom stereocenters. The normalized spacial score (nSPS) is 13.7. The number of rotatable bonds is 10. The van der Waals surface area contributed by atoms with Gasteiger partial charge in [0.25, 0.3) is 0 Å². The minimum atomic E-state index is -0.805. The number of nitrogens with one attached hydrogen (secondary N) is 1. The van der Waals surface area contributed by atoms with Crippen LogP contribution in [0.5, 0.6) is 0 Å². The Morgan fingerprint density at radius 3 is 2.37 bits per heavy atom. The predicted molar refractivity (Wildman–Crippen MR) is 101 cm³/mol. The monoisotopic (exact) mass is 382 g/mol. The van der Waals surface area contributed by atoms with E-state index in [1.54, 1.807) is 32.9 Å². The minimum absolute atomic E-state index is 0.0200. The number of hydrogen-bond acceptors (Lipinski definition) is 5. The Labute approximate surface area is 160 Å². The van der Waals surface area contributed by atoms with Crippen LogP contribution in [0.15, 0.2) is 24.3 Å². The summed E-state index contributed by atoms with van der Waals surface area (Å²) >= 11 is 0. The highest BCUT2D eigenvalue weighted by atomic mass is 19.1. The van der Waals surface area contributed by atoms with Gasteiger partial charge < -0.3 is 20.9 Å². The fraction of sp³-hybridized carbons (Fsp3) is 0.600. The fourth-order valence-electron chi connectivity index (χ4n) is 2.47. The van der Waals surface area contributed by atoms with Gasteiger partial charge in [-0.3, -0.25) is 4.79 Å². The van der Waals surface area contributed by atoms with Crippen LogP contribution in [0.2, 0.25) is 0 Å².